The third-order valence-corrected chi connectivity index (χ3v) is 6.88. The monoisotopic (exact) mass is 469 g/mol. The van der Waals surface area contributed by atoms with Gasteiger partial charge in [0.2, 0.25) is 5.82 Å². The van der Waals surface area contributed by atoms with Crippen LogP contribution in [0, 0.1) is 6.92 Å². The SMILES string of the molecule is Cc1ccc(-c2noc(N3CCC(N(C(=O)c4ccc(-c5cnco5)cc4)C4CC4)CC3)n2)cc1. The Morgan fingerprint density at radius 2 is 1.63 bits per heavy atom. The second kappa shape index (κ2) is 9.02. The standard InChI is InChI=1S/C27H27N5O3/c1-18-2-4-20(5-3-18)25-29-27(35-30-25)31-14-12-23(13-15-31)32(22-10-11-22)26(33)21-8-6-19(7-9-21)24-16-28-17-34-24/h2-9,16-17,22-23H,10-15H2,1H3. The predicted molar refractivity (Wildman–Crippen MR) is 131 cm³/mol. The van der Waals surface area contributed by atoms with Crippen molar-refractivity contribution in [2.75, 3.05) is 18.0 Å². The average molecular weight is 470 g/mol. The number of hydrogen-bond donors (Lipinski definition) is 0. The molecule has 4 aromatic rings. The third-order valence-electron chi connectivity index (χ3n) is 6.88. The molecule has 35 heavy (non-hydrogen) atoms. The van der Waals surface area contributed by atoms with Crippen molar-refractivity contribution in [3.05, 3.63) is 72.2 Å². The minimum Gasteiger partial charge on any atom is -0.444 e. The Morgan fingerprint density at radius 3 is 2.29 bits per heavy atom. The van der Waals surface area contributed by atoms with Crippen LogP contribution < -0.4 is 4.90 Å². The van der Waals surface area contributed by atoms with Gasteiger partial charge in [0.05, 0.1) is 6.20 Å². The van der Waals surface area contributed by atoms with Gasteiger partial charge in [0.15, 0.2) is 12.2 Å². The first kappa shape index (κ1) is 21.6. The number of oxazole rings is 1. The molecule has 0 bridgehead atoms. The van der Waals surface area contributed by atoms with E-state index in [9.17, 15) is 4.79 Å². The topological polar surface area (TPSA) is 88.5 Å². The zero-order valence-electron chi connectivity index (χ0n) is 19.6. The molecule has 8 nitrogen and oxygen atoms in total. The number of aryl methyl sites for hydroxylation is 1. The van der Waals surface area contributed by atoms with Crippen molar-refractivity contribution < 1.29 is 13.7 Å². The Morgan fingerprint density at radius 1 is 0.943 bits per heavy atom. The van der Waals surface area contributed by atoms with Gasteiger partial charge in [-0.1, -0.05) is 47.1 Å². The Hall–Kier alpha value is -3.94. The lowest BCUT2D eigenvalue weighted by atomic mass is 10.0. The van der Waals surface area contributed by atoms with Crippen LogP contribution in [0.5, 0.6) is 0 Å². The Balaban J connectivity index is 1.12. The molecule has 0 radical (unpaired) electrons. The quantitative estimate of drug-likeness (QED) is 0.394. The molecule has 3 heterocycles. The number of carbonyl (C=O) groups is 1. The van der Waals surface area contributed by atoms with E-state index in [4.69, 9.17) is 8.94 Å². The maximum atomic E-state index is 13.5. The molecule has 2 aliphatic rings. The largest absolute Gasteiger partial charge is 0.444 e. The van der Waals surface area contributed by atoms with Crippen LogP contribution in [-0.4, -0.2) is 51.1 Å². The second-order valence-electron chi connectivity index (χ2n) is 9.37. The fraction of sp³-hybridized carbons (Fsp3) is 0.333. The van der Waals surface area contributed by atoms with E-state index in [2.05, 4.69) is 31.8 Å². The zero-order chi connectivity index (χ0) is 23.8. The molecule has 1 saturated heterocycles. The number of aromatic nitrogens is 3. The van der Waals surface area contributed by atoms with Crippen LogP contribution in [0.25, 0.3) is 22.7 Å². The van der Waals surface area contributed by atoms with Crippen molar-refractivity contribution >= 4 is 11.9 Å². The summed E-state index contributed by atoms with van der Waals surface area (Å²) >= 11 is 0. The van der Waals surface area contributed by atoms with Crippen LogP contribution in [-0.2, 0) is 0 Å². The summed E-state index contributed by atoms with van der Waals surface area (Å²) in [7, 11) is 0. The van der Waals surface area contributed by atoms with Gasteiger partial charge in [-0.3, -0.25) is 4.79 Å². The summed E-state index contributed by atoms with van der Waals surface area (Å²) in [6, 6.07) is 16.8. The van der Waals surface area contributed by atoms with Gasteiger partial charge in [0.1, 0.15) is 0 Å². The molecule has 1 aliphatic heterocycles. The molecule has 8 heteroatoms. The number of rotatable bonds is 6. The minimum atomic E-state index is 0.106. The molecule has 1 amide bonds. The van der Waals surface area contributed by atoms with Gasteiger partial charge in [-0.2, -0.15) is 4.98 Å². The number of nitrogens with zero attached hydrogens (tertiary/aromatic N) is 5. The van der Waals surface area contributed by atoms with E-state index in [-0.39, 0.29) is 11.9 Å². The fourth-order valence-electron chi connectivity index (χ4n) is 4.77. The van der Waals surface area contributed by atoms with Crippen molar-refractivity contribution in [3.63, 3.8) is 0 Å². The van der Waals surface area contributed by atoms with Crippen LogP contribution >= 0.6 is 0 Å². The molecule has 178 valence electrons. The molecular weight excluding hydrogens is 442 g/mol. The molecule has 0 N–H and O–H groups in total. The summed E-state index contributed by atoms with van der Waals surface area (Å²) in [5.41, 5.74) is 3.76. The minimum absolute atomic E-state index is 0.106. The summed E-state index contributed by atoms with van der Waals surface area (Å²) in [4.78, 5) is 26.3. The van der Waals surface area contributed by atoms with Crippen molar-refractivity contribution in [2.24, 2.45) is 0 Å². The van der Waals surface area contributed by atoms with Gasteiger partial charge in [0, 0.05) is 41.9 Å². The maximum absolute atomic E-state index is 13.5. The molecule has 0 atom stereocenters. The second-order valence-corrected chi connectivity index (χ2v) is 9.37. The number of benzene rings is 2. The summed E-state index contributed by atoms with van der Waals surface area (Å²) in [6.07, 6.45) is 6.99. The smallest absolute Gasteiger partial charge is 0.324 e. The molecule has 0 spiro atoms. The van der Waals surface area contributed by atoms with E-state index in [0.29, 0.717) is 29.2 Å². The average Bonchev–Trinajstić information content (AvgIpc) is 3.35. The van der Waals surface area contributed by atoms with Crippen molar-refractivity contribution in [1.29, 1.82) is 0 Å². The van der Waals surface area contributed by atoms with Crippen LogP contribution in [0.4, 0.5) is 6.01 Å². The number of anilines is 1. The first-order chi connectivity index (χ1) is 17.2. The number of amides is 1. The number of carbonyl (C=O) groups excluding carboxylic acids is 1. The molecule has 2 fully saturated rings. The third kappa shape index (κ3) is 4.43. The van der Waals surface area contributed by atoms with Crippen molar-refractivity contribution in [2.45, 2.75) is 44.7 Å². The van der Waals surface area contributed by atoms with E-state index in [1.54, 1.807) is 6.20 Å². The summed E-state index contributed by atoms with van der Waals surface area (Å²) in [5.74, 6) is 1.40. The van der Waals surface area contributed by atoms with Gasteiger partial charge in [0.25, 0.3) is 5.91 Å². The highest BCUT2D eigenvalue weighted by atomic mass is 16.5. The Bertz CT molecular complexity index is 1290. The highest BCUT2D eigenvalue weighted by molar-refractivity contribution is 5.95. The van der Waals surface area contributed by atoms with E-state index < -0.39 is 0 Å². The maximum Gasteiger partial charge on any atom is 0.324 e. The lowest BCUT2D eigenvalue weighted by Gasteiger charge is -2.38. The Kier molecular flexibility index (Phi) is 5.56. The lowest BCUT2D eigenvalue weighted by molar-refractivity contribution is 0.0629. The van der Waals surface area contributed by atoms with Gasteiger partial charge in [-0.05, 0) is 44.7 Å². The first-order valence-electron chi connectivity index (χ1n) is 12.1. The van der Waals surface area contributed by atoms with E-state index in [1.165, 1.54) is 12.0 Å². The molecule has 6 rings (SSSR count). The van der Waals surface area contributed by atoms with E-state index >= 15 is 0 Å². The van der Waals surface area contributed by atoms with Crippen molar-refractivity contribution in [3.8, 4) is 22.7 Å². The predicted octanol–water partition coefficient (Wildman–Crippen LogP) is 4.97. The molecule has 1 saturated carbocycles. The number of piperidine rings is 1. The van der Waals surface area contributed by atoms with Crippen LogP contribution in [0.2, 0.25) is 0 Å². The van der Waals surface area contributed by atoms with Gasteiger partial charge >= 0.3 is 6.01 Å². The Labute approximate surface area is 203 Å². The normalized spacial score (nSPS) is 16.4. The van der Waals surface area contributed by atoms with Crippen LogP contribution in [0.3, 0.4) is 0 Å². The lowest BCUT2D eigenvalue weighted by Crippen LogP contribution is -2.48. The van der Waals surface area contributed by atoms with Crippen LogP contribution in [0.15, 0.2) is 70.1 Å². The summed E-state index contributed by atoms with van der Waals surface area (Å²) in [5, 5.41) is 4.17. The van der Waals surface area contributed by atoms with Gasteiger partial charge < -0.3 is 18.7 Å². The highest BCUT2D eigenvalue weighted by Crippen LogP contribution is 2.34. The summed E-state index contributed by atoms with van der Waals surface area (Å²) in [6.45, 7) is 3.61. The fourth-order valence-corrected chi connectivity index (χ4v) is 4.77. The van der Waals surface area contributed by atoms with E-state index in [1.807, 2.05) is 48.5 Å². The highest BCUT2D eigenvalue weighted by Gasteiger charge is 2.39. The molecule has 0 unspecified atom stereocenters. The van der Waals surface area contributed by atoms with Gasteiger partial charge in [-0.15, -0.1) is 0 Å². The molecular formula is C27H27N5O3. The zero-order valence-corrected chi connectivity index (χ0v) is 19.6. The number of hydrogen-bond acceptors (Lipinski definition) is 7. The summed E-state index contributed by atoms with van der Waals surface area (Å²) < 4.78 is 10.9. The van der Waals surface area contributed by atoms with E-state index in [0.717, 1.165) is 49.9 Å². The van der Waals surface area contributed by atoms with Crippen LogP contribution in [0.1, 0.15) is 41.6 Å². The molecule has 1 aliphatic carbocycles. The van der Waals surface area contributed by atoms with Gasteiger partial charge in [-0.25, -0.2) is 4.98 Å². The first-order valence-corrected chi connectivity index (χ1v) is 12.1. The van der Waals surface area contributed by atoms with Crippen molar-refractivity contribution in [1.82, 2.24) is 20.0 Å². The molecule has 2 aromatic heterocycles. The molecule has 2 aromatic carbocycles.